The average molecular weight is 392 g/mol. The fourth-order valence-electron chi connectivity index (χ4n) is 4.14. The van der Waals surface area contributed by atoms with Gasteiger partial charge in [0.05, 0.1) is 25.1 Å². The maximum Gasteiger partial charge on any atom is 0.255 e. The highest BCUT2D eigenvalue weighted by Gasteiger charge is 2.40. The molecule has 1 spiro atoms. The number of benzene rings is 1. The van der Waals surface area contributed by atoms with Gasteiger partial charge in [0.2, 0.25) is 0 Å². The van der Waals surface area contributed by atoms with E-state index in [2.05, 4.69) is 22.1 Å². The zero-order chi connectivity index (χ0) is 19.7. The Hall–Kier alpha value is -2.77. The topological polar surface area (TPSA) is 69.5 Å². The van der Waals surface area contributed by atoms with Crippen LogP contribution in [0.5, 0.6) is 0 Å². The van der Waals surface area contributed by atoms with E-state index in [4.69, 9.17) is 9.47 Å². The number of aryl methyl sites for hydroxylation is 2. The van der Waals surface area contributed by atoms with E-state index >= 15 is 0 Å². The molecule has 5 rings (SSSR count). The number of rotatable bonds is 4. The predicted octanol–water partition coefficient (Wildman–Crippen LogP) is 2.65. The third-order valence-electron chi connectivity index (χ3n) is 5.81. The van der Waals surface area contributed by atoms with E-state index in [-0.39, 0.29) is 5.91 Å². The normalized spacial score (nSPS) is 18.6. The maximum absolute atomic E-state index is 12.9. The minimum absolute atomic E-state index is 0.00826. The Kier molecular flexibility index (Phi) is 4.77. The number of carbonyl (C=O) groups excluding carboxylic acids is 1. The summed E-state index contributed by atoms with van der Waals surface area (Å²) in [6.45, 7) is 3.34. The fourth-order valence-corrected chi connectivity index (χ4v) is 4.14. The number of nitrogens with zero attached hydrogens (tertiary/aromatic N) is 4. The van der Waals surface area contributed by atoms with Crippen molar-refractivity contribution in [3.63, 3.8) is 0 Å². The van der Waals surface area contributed by atoms with Gasteiger partial charge in [0.1, 0.15) is 5.52 Å². The van der Waals surface area contributed by atoms with Crippen LogP contribution in [0.4, 0.5) is 0 Å². The first kappa shape index (κ1) is 18.3. The lowest BCUT2D eigenvalue weighted by atomic mass is 10.0. The molecule has 7 nitrogen and oxygen atoms in total. The van der Waals surface area contributed by atoms with Crippen molar-refractivity contribution in [1.29, 1.82) is 0 Å². The van der Waals surface area contributed by atoms with Crippen molar-refractivity contribution >= 4 is 17.1 Å². The van der Waals surface area contributed by atoms with Crippen LogP contribution in [0, 0.1) is 0 Å². The van der Waals surface area contributed by atoms with Crippen LogP contribution in [0.2, 0.25) is 0 Å². The SMILES string of the molecule is O=C(c1cnc2c(c1)ncn2CCc1ccccc1)N1CCC2(CC1)OCCO2. The summed E-state index contributed by atoms with van der Waals surface area (Å²) in [5.41, 5.74) is 3.41. The number of hydrogen-bond donors (Lipinski definition) is 0. The Balaban J connectivity index is 1.27. The van der Waals surface area contributed by atoms with E-state index in [9.17, 15) is 4.79 Å². The Labute approximate surface area is 169 Å². The Morgan fingerprint density at radius 3 is 2.59 bits per heavy atom. The highest BCUT2D eigenvalue weighted by atomic mass is 16.7. The largest absolute Gasteiger partial charge is 0.347 e. The lowest BCUT2D eigenvalue weighted by Crippen LogP contribution is -2.47. The van der Waals surface area contributed by atoms with Gasteiger partial charge in [-0.2, -0.15) is 0 Å². The Bertz CT molecular complexity index is 1000. The first-order chi connectivity index (χ1) is 14.2. The van der Waals surface area contributed by atoms with E-state index in [0.29, 0.717) is 44.7 Å². The van der Waals surface area contributed by atoms with Crippen LogP contribution in [0.1, 0.15) is 28.8 Å². The molecule has 2 aromatic heterocycles. The zero-order valence-corrected chi connectivity index (χ0v) is 16.3. The molecular weight excluding hydrogens is 368 g/mol. The molecule has 2 fully saturated rings. The van der Waals surface area contributed by atoms with Crippen LogP contribution >= 0.6 is 0 Å². The predicted molar refractivity (Wildman–Crippen MR) is 107 cm³/mol. The van der Waals surface area contributed by atoms with Crippen molar-refractivity contribution in [3.05, 3.63) is 60.0 Å². The number of piperidine rings is 1. The number of likely N-dealkylation sites (tertiary alicyclic amines) is 1. The van der Waals surface area contributed by atoms with Crippen LogP contribution in [0.25, 0.3) is 11.2 Å². The second kappa shape index (κ2) is 7.57. The van der Waals surface area contributed by atoms with Crippen LogP contribution in [0.15, 0.2) is 48.9 Å². The summed E-state index contributed by atoms with van der Waals surface area (Å²) in [6.07, 6.45) is 5.80. The fraction of sp³-hybridized carbons (Fsp3) is 0.409. The van der Waals surface area contributed by atoms with E-state index < -0.39 is 5.79 Å². The smallest absolute Gasteiger partial charge is 0.255 e. The van der Waals surface area contributed by atoms with Gasteiger partial charge in [-0.05, 0) is 18.1 Å². The van der Waals surface area contributed by atoms with Crippen molar-refractivity contribution in [1.82, 2.24) is 19.4 Å². The molecule has 0 radical (unpaired) electrons. The first-order valence-corrected chi connectivity index (χ1v) is 10.1. The van der Waals surface area contributed by atoms with Crippen LogP contribution < -0.4 is 0 Å². The Morgan fingerprint density at radius 1 is 1.07 bits per heavy atom. The first-order valence-electron chi connectivity index (χ1n) is 10.1. The van der Waals surface area contributed by atoms with Crippen molar-refractivity contribution in [2.45, 2.75) is 31.6 Å². The van der Waals surface area contributed by atoms with Gasteiger partial charge in [-0.15, -0.1) is 0 Å². The van der Waals surface area contributed by atoms with Crippen molar-refractivity contribution in [2.24, 2.45) is 0 Å². The molecule has 0 bridgehead atoms. The number of fused-ring (bicyclic) bond motifs is 1. The molecule has 0 N–H and O–H groups in total. The molecule has 2 aliphatic rings. The molecular formula is C22H24N4O3. The quantitative estimate of drug-likeness (QED) is 0.683. The molecule has 0 atom stereocenters. The third-order valence-corrected chi connectivity index (χ3v) is 5.81. The molecule has 3 aromatic rings. The number of amides is 1. The van der Waals surface area contributed by atoms with Gasteiger partial charge in [0, 0.05) is 38.7 Å². The minimum Gasteiger partial charge on any atom is -0.347 e. The monoisotopic (exact) mass is 392 g/mol. The van der Waals surface area contributed by atoms with Gasteiger partial charge in [-0.3, -0.25) is 4.79 Å². The van der Waals surface area contributed by atoms with E-state index in [1.165, 1.54) is 5.56 Å². The van der Waals surface area contributed by atoms with E-state index in [0.717, 1.165) is 24.1 Å². The summed E-state index contributed by atoms with van der Waals surface area (Å²) in [4.78, 5) is 23.8. The van der Waals surface area contributed by atoms with Gasteiger partial charge in [0.15, 0.2) is 11.4 Å². The second-order valence-corrected chi connectivity index (χ2v) is 7.64. The van der Waals surface area contributed by atoms with Crippen molar-refractivity contribution < 1.29 is 14.3 Å². The average Bonchev–Trinajstić information content (AvgIpc) is 3.40. The maximum atomic E-state index is 12.9. The summed E-state index contributed by atoms with van der Waals surface area (Å²) in [5, 5.41) is 0. The summed E-state index contributed by atoms with van der Waals surface area (Å²) in [7, 11) is 0. The van der Waals surface area contributed by atoms with Gasteiger partial charge >= 0.3 is 0 Å². The van der Waals surface area contributed by atoms with Gasteiger partial charge in [-0.1, -0.05) is 30.3 Å². The number of hydrogen-bond acceptors (Lipinski definition) is 5. The molecule has 150 valence electrons. The number of ether oxygens (including phenoxy) is 2. The number of carbonyl (C=O) groups is 1. The summed E-state index contributed by atoms with van der Waals surface area (Å²) in [6, 6.07) is 12.2. The highest BCUT2D eigenvalue weighted by molar-refractivity contribution is 5.96. The molecule has 4 heterocycles. The molecule has 2 saturated heterocycles. The molecule has 0 unspecified atom stereocenters. The number of imidazole rings is 1. The standard InChI is InChI=1S/C22H24N4O3/c27-21(25-10-7-22(8-11-25)28-12-13-29-22)18-14-19-20(23-15-18)26(16-24-19)9-6-17-4-2-1-3-5-17/h1-5,14-16H,6-13H2. The van der Waals surface area contributed by atoms with Crippen molar-refractivity contribution in [3.8, 4) is 0 Å². The number of pyridine rings is 1. The summed E-state index contributed by atoms with van der Waals surface area (Å²) < 4.78 is 13.5. The van der Waals surface area contributed by atoms with Gasteiger partial charge < -0.3 is 18.9 Å². The molecule has 2 aliphatic heterocycles. The molecule has 7 heteroatoms. The summed E-state index contributed by atoms with van der Waals surface area (Å²) >= 11 is 0. The molecule has 1 aromatic carbocycles. The second-order valence-electron chi connectivity index (χ2n) is 7.64. The number of aromatic nitrogens is 3. The van der Waals surface area contributed by atoms with E-state index in [1.54, 1.807) is 12.5 Å². The third kappa shape index (κ3) is 3.63. The van der Waals surface area contributed by atoms with Gasteiger partial charge in [-0.25, -0.2) is 9.97 Å². The van der Waals surface area contributed by atoms with Crippen LogP contribution in [-0.4, -0.2) is 57.4 Å². The van der Waals surface area contributed by atoms with Crippen LogP contribution in [-0.2, 0) is 22.4 Å². The summed E-state index contributed by atoms with van der Waals surface area (Å²) in [5.74, 6) is -0.484. The Morgan fingerprint density at radius 2 is 1.83 bits per heavy atom. The van der Waals surface area contributed by atoms with E-state index in [1.807, 2.05) is 33.7 Å². The molecule has 0 saturated carbocycles. The van der Waals surface area contributed by atoms with Gasteiger partial charge in [0.25, 0.3) is 5.91 Å². The zero-order valence-electron chi connectivity index (χ0n) is 16.3. The molecule has 1 amide bonds. The lowest BCUT2D eigenvalue weighted by Gasteiger charge is -2.37. The molecule has 29 heavy (non-hydrogen) atoms. The minimum atomic E-state index is -0.476. The molecule has 0 aliphatic carbocycles. The van der Waals surface area contributed by atoms with Crippen LogP contribution in [0.3, 0.4) is 0 Å². The highest BCUT2D eigenvalue weighted by Crippen LogP contribution is 2.31. The lowest BCUT2D eigenvalue weighted by molar-refractivity contribution is -0.181. The van der Waals surface area contributed by atoms with Crippen molar-refractivity contribution in [2.75, 3.05) is 26.3 Å².